The maximum absolute atomic E-state index is 6.19. The van der Waals surface area contributed by atoms with Crippen molar-refractivity contribution >= 4 is 40.5 Å². The highest BCUT2D eigenvalue weighted by atomic mass is 35.5. The van der Waals surface area contributed by atoms with Gasteiger partial charge in [0, 0.05) is 7.11 Å². The van der Waals surface area contributed by atoms with Gasteiger partial charge in [-0.3, -0.25) is 0 Å². The Bertz CT molecular complexity index is 575. The van der Waals surface area contributed by atoms with Crippen molar-refractivity contribution in [2.24, 2.45) is 0 Å². The molecular formula is C15H14Cl3NO. The predicted molar refractivity (Wildman–Crippen MR) is 86.2 cm³/mol. The van der Waals surface area contributed by atoms with E-state index in [1.54, 1.807) is 19.2 Å². The van der Waals surface area contributed by atoms with E-state index in [9.17, 15) is 0 Å². The SMILES string of the molecule is COCC(Nc1cc(Cl)c(Cl)cc1Cl)c1ccccc1. The Labute approximate surface area is 133 Å². The second-order valence-corrected chi connectivity index (χ2v) is 5.53. The highest BCUT2D eigenvalue weighted by molar-refractivity contribution is 6.44. The first kappa shape index (κ1) is 15.5. The van der Waals surface area contributed by atoms with Gasteiger partial charge >= 0.3 is 0 Å². The van der Waals surface area contributed by atoms with Gasteiger partial charge in [-0.05, 0) is 17.7 Å². The molecule has 0 aromatic heterocycles. The summed E-state index contributed by atoms with van der Waals surface area (Å²) in [6.07, 6.45) is 0. The van der Waals surface area contributed by atoms with Crippen molar-refractivity contribution < 1.29 is 4.74 Å². The molecule has 0 saturated heterocycles. The van der Waals surface area contributed by atoms with Crippen molar-refractivity contribution in [3.05, 3.63) is 63.1 Å². The van der Waals surface area contributed by atoms with Crippen LogP contribution in [-0.2, 0) is 4.74 Å². The van der Waals surface area contributed by atoms with Crippen LogP contribution in [0.25, 0.3) is 0 Å². The topological polar surface area (TPSA) is 21.3 Å². The minimum absolute atomic E-state index is 0.0176. The third-order valence-electron chi connectivity index (χ3n) is 2.87. The number of halogens is 3. The molecule has 2 nitrogen and oxygen atoms in total. The molecule has 0 saturated carbocycles. The van der Waals surface area contributed by atoms with Gasteiger partial charge in [-0.1, -0.05) is 65.1 Å². The van der Waals surface area contributed by atoms with Crippen LogP contribution in [-0.4, -0.2) is 13.7 Å². The molecule has 0 aliphatic carbocycles. The normalized spacial score (nSPS) is 12.2. The van der Waals surface area contributed by atoms with E-state index in [4.69, 9.17) is 39.5 Å². The molecular weight excluding hydrogens is 317 g/mol. The Morgan fingerprint density at radius 2 is 1.65 bits per heavy atom. The Morgan fingerprint density at radius 1 is 1.00 bits per heavy atom. The number of ether oxygens (including phenoxy) is 1. The summed E-state index contributed by atoms with van der Waals surface area (Å²) in [7, 11) is 1.66. The van der Waals surface area contributed by atoms with E-state index in [2.05, 4.69) is 5.32 Å². The molecule has 0 aliphatic rings. The predicted octanol–water partition coefficient (Wildman–Crippen LogP) is 5.45. The smallest absolute Gasteiger partial charge is 0.0748 e. The summed E-state index contributed by atoms with van der Waals surface area (Å²) in [5, 5.41) is 4.75. The minimum Gasteiger partial charge on any atom is -0.382 e. The van der Waals surface area contributed by atoms with E-state index in [1.807, 2.05) is 30.3 Å². The Morgan fingerprint density at radius 3 is 2.30 bits per heavy atom. The maximum atomic E-state index is 6.19. The Hall–Kier alpha value is -0.930. The van der Waals surface area contributed by atoms with Gasteiger partial charge in [0.1, 0.15) is 0 Å². The fourth-order valence-electron chi connectivity index (χ4n) is 1.89. The average Bonchev–Trinajstić information content (AvgIpc) is 2.45. The van der Waals surface area contributed by atoms with Crippen molar-refractivity contribution in [1.29, 1.82) is 0 Å². The largest absolute Gasteiger partial charge is 0.382 e. The van der Waals surface area contributed by atoms with Crippen LogP contribution in [0.15, 0.2) is 42.5 Å². The maximum Gasteiger partial charge on any atom is 0.0748 e. The average molecular weight is 331 g/mol. The van der Waals surface area contributed by atoms with E-state index in [0.717, 1.165) is 11.3 Å². The number of benzene rings is 2. The number of hydrogen-bond acceptors (Lipinski definition) is 2. The third kappa shape index (κ3) is 3.80. The molecule has 20 heavy (non-hydrogen) atoms. The summed E-state index contributed by atoms with van der Waals surface area (Å²) >= 11 is 18.1. The molecule has 2 aromatic rings. The van der Waals surface area contributed by atoms with Crippen LogP contribution in [0.3, 0.4) is 0 Å². The zero-order valence-electron chi connectivity index (χ0n) is 10.9. The summed E-state index contributed by atoms with van der Waals surface area (Å²) in [4.78, 5) is 0. The number of nitrogens with one attached hydrogen (secondary N) is 1. The van der Waals surface area contributed by atoms with Gasteiger partial charge in [0.25, 0.3) is 0 Å². The lowest BCUT2D eigenvalue weighted by molar-refractivity contribution is 0.186. The molecule has 0 bridgehead atoms. The minimum atomic E-state index is -0.0176. The molecule has 1 unspecified atom stereocenters. The summed E-state index contributed by atoms with van der Waals surface area (Å²) in [5.74, 6) is 0. The summed E-state index contributed by atoms with van der Waals surface area (Å²) in [5.41, 5.74) is 1.84. The highest BCUT2D eigenvalue weighted by Gasteiger charge is 2.14. The second kappa shape index (κ2) is 7.19. The Kier molecular flexibility index (Phi) is 5.55. The van der Waals surface area contributed by atoms with Gasteiger partial charge < -0.3 is 10.1 Å². The van der Waals surface area contributed by atoms with E-state index in [0.29, 0.717) is 21.7 Å². The fraction of sp³-hybridized carbons (Fsp3) is 0.200. The molecule has 2 aromatic carbocycles. The van der Waals surface area contributed by atoms with E-state index in [1.165, 1.54) is 0 Å². The van der Waals surface area contributed by atoms with E-state index in [-0.39, 0.29) is 6.04 Å². The van der Waals surface area contributed by atoms with E-state index < -0.39 is 0 Å². The molecule has 1 N–H and O–H groups in total. The van der Waals surface area contributed by atoms with Crippen molar-refractivity contribution in [2.75, 3.05) is 19.0 Å². The molecule has 106 valence electrons. The van der Waals surface area contributed by atoms with Crippen LogP contribution in [0.5, 0.6) is 0 Å². The first-order valence-corrected chi connectivity index (χ1v) is 7.20. The zero-order chi connectivity index (χ0) is 14.5. The second-order valence-electron chi connectivity index (χ2n) is 4.31. The van der Waals surface area contributed by atoms with Crippen LogP contribution in [0.2, 0.25) is 15.1 Å². The van der Waals surface area contributed by atoms with Gasteiger partial charge in [0.15, 0.2) is 0 Å². The standard InChI is InChI=1S/C15H14Cl3NO/c1-20-9-15(10-5-3-2-4-6-10)19-14-8-12(17)11(16)7-13(14)18/h2-8,15,19H,9H2,1H3. The van der Waals surface area contributed by atoms with Gasteiger partial charge in [0.05, 0.1) is 33.4 Å². The van der Waals surface area contributed by atoms with Crippen LogP contribution < -0.4 is 5.32 Å². The molecule has 0 heterocycles. The summed E-state index contributed by atoms with van der Waals surface area (Å²) in [6, 6.07) is 13.3. The van der Waals surface area contributed by atoms with Crippen molar-refractivity contribution in [2.45, 2.75) is 6.04 Å². The van der Waals surface area contributed by atoms with Gasteiger partial charge in [-0.15, -0.1) is 0 Å². The summed E-state index contributed by atoms with van der Waals surface area (Å²) in [6.45, 7) is 0.514. The number of rotatable bonds is 5. The van der Waals surface area contributed by atoms with Crippen molar-refractivity contribution in [1.82, 2.24) is 0 Å². The van der Waals surface area contributed by atoms with Crippen LogP contribution in [0.4, 0.5) is 5.69 Å². The van der Waals surface area contributed by atoms with Crippen LogP contribution in [0.1, 0.15) is 11.6 Å². The zero-order valence-corrected chi connectivity index (χ0v) is 13.1. The lowest BCUT2D eigenvalue weighted by atomic mass is 10.1. The monoisotopic (exact) mass is 329 g/mol. The number of methoxy groups -OCH3 is 1. The van der Waals surface area contributed by atoms with E-state index >= 15 is 0 Å². The molecule has 2 rings (SSSR count). The third-order valence-corrected chi connectivity index (χ3v) is 3.91. The van der Waals surface area contributed by atoms with Crippen LogP contribution >= 0.6 is 34.8 Å². The first-order chi connectivity index (χ1) is 9.61. The number of anilines is 1. The van der Waals surface area contributed by atoms with Gasteiger partial charge in [0.2, 0.25) is 0 Å². The van der Waals surface area contributed by atoms with Gasteiger partial charge in [-0.25, -0.2) is 0 Å². The molecule has 1 atom stereocenters. The van der Waals surface area contributed by atoms with Crippen LogP contribution in [0, 0.1) is 0 Å². The molecule has 0 radical (unpaired) electrons. The molecule has 0 spiro atoms. The van der Waals surface area contributed by atoms with Crippen molar-refractivity contribution in [3.8, 4) is 0 Å². The fourth-order valence-corrected chi connectivity index (χ4v) is 2.50. The summed E-state index contributed by atoms with van der Waals surface area (Å²) < 4.78 is 5.26. The molecule has 0 aliphatic heterocycles. The number of hydrogen-bond donors (Lipinski definition) is 1. The highest BCUT2D eigenvalue weighted by Crippen LogP contribution is 2.34. The van der Waals surface area contributed by atoms with Crippen molar-refractivity contribution in [3.63, 3.8) is 0 Å². The molecule has 0 fully saturated rings. The molecule has 5 heteroatoms. The van der Waals surface area contributed by atoms with Gasteiger partial charge in [-0.2, -0.15) is 0 Å². The first-order valence-electron chi connectivity index (χ1n) is 6.06. The molecule has 0 amide bonds. The Balaban J connectivity index is 2.27. The lowest BCUT2D eigenvalue weighted by Gasteiger charge is -2.20. The lowest BCUT2D eigenvalue weighted by Crippen LogP contribution is -2.16. The quantitative estimate of drug-likeness (QED) is 0.736.